The molecule has 0 saturated heterocycles. The molecular formula is C22H20FN5O2S. The van der Waals surface area contributed by atoms with Gasteiger partial charge in [-0.15, -0.1) is 16.8 Å². The lowest BCUT2D eigenvalue weighted by Gasteiger charge is -2.13. The molecule has 1 atom stereocenters. The molecule has 0 radical (unpaired) electrons. The second-order valence-electron chi connectivity index (χ2n) is 6.94. The molecule has 7 nitrogen and oxygen atoms in total. The second-order valence-corrected chi connectivity index (χ2v) is 8.25. The van der Waals surface area contributed by atoms with E-state index in [9.17, 15) is 14.0 Å². The van der Waals surface area contributed by atoms with E-state index in [1.54, 1.807) is 41.7 Å². The minimum absolute atomic E-state index is 0.169. The molecule has 4 aromatic rings. The number of nitrogens with zero attached hydrogens (tertiary/aromatic N) is 4. The maximum Gasteiger partial charge on any atom is 0.263 e. The minimum atomic E-state index is -0.466. The number of benzene rings is 2. The first-order valence-corrected chi connectivity index (χ1v) is 10.5. The first-order valence-electron chi connectivity index (χ1n) is 9.66. The number of nitrogens with one attached hydrogen (secondary N) is 1. The number of aromatic nitrogens is 4. The fraction of sp³-hybridized carbons (Fsp3) is 0.182. The fourth-order valence-electron chi connectivity index (χ4n) is 3.25. The molecule has 0 bridgehead atoms. The lowest BCUT2D eigenvalue weighted by Crippen LogP contribution is -2.30. The Labute approximate surface area is 181 Å². The van der Waals surface area contributed by atoms with Gasteiger partial charge in [0.1, 0.15) is 5.82 Å². The topological polar surface area (TPSA) is 81.3 Å². The largest absolute Gasteiger partial charge is 0.351 e. The van der Waals surface area contributed by atoms with E-state index in [0.29, 0.717) is 34.9 Å². The van der Waals surface area contributed by atoms with Crippen LogP contribution in [-0.2, 0) is 17.9 Å². The highest BCUT2D eigenvalue weighted by atomic mass is 32.2. The van der Waals surface area contributed by atoms with E-state index < -0.39 is 5.25 Å². The molecule has 4 rings (SSSR count). The third-order valence-electron chi connectivity index (χ3n) is 4.82. The molecule has 2 aromatic heterocycles. The normalized spacial score (nSPS) is 12.2. The number of amides is 1. The average Bonchev–Trinajstić information content (AvgIpc) is 3.19. The lowest BCUT2D eigenvalue weighted by molar-refractivity contribution is -0.120. The van der Waals surface area contributed by atoms with Crippen molar-refractivity contribution in [1.29, 1.82) is 0 Å². The molecule has 9 heteroatoms. The molecule has 2 aromatic carbocycles. The summed E-state index contributed by atoms with van der Waals surface area (Å²) in [6.07, 6.45) is 1.63. The summed E-state index contributed by atoms with van der Waals surface area (Å²) >= 11 is 1.25. The van der Waals surface area contributed by atoms with Crippen molar-refractivity contribution in [1.82, 2.24) is 24.5 Å². The van der Waals surface area contributed by atoms with Crippen LogP contribution in [0.25, 0.3) is 16.7 Å². The van der Waals surface area contributed by atoms with Gasteiger partial charge in [0, 0.05) is 13.1 Å². The third-order valence-corrected chi connectivity index (χ3v) is 5.86. The molecule has 0 aliphatic carbocycles. The molecular weight excluding hydrogens is 417 g/mol. The molecule has 1 amide bonds. The Balaban J connectivity index is 1.62. The van der Waals surface area contributed by atoms with E-state index in [0.717, 1.165) is 5.56 Å². The zero-order valence-electron chi connectivity index (χ0n) is 16.8. The van der Waals surface area contributed by atoms with Gasteiger partial charge in [0.05, 0.1) is 16.2 Å². The predicted molar refractivity (Wildman–Crippen MR) is 119 cm³/mol. The SMILES string of the molecule is C=CCn1c(=O)c2ccccc2n2c(SC(C)C(=O)NCc3ccc(F)cc3)nnc12. The van der Waals surface area contributed by atoms with E-state index in [2.05, 4.69) is 22.1 Å². The highest BCUT2D eigenvalue weighted by Gasteiger charge is 2.21. The van der Waals surface area contributed by atoms with Crippen LogP contribution in [0.3, 0.4) is 0 Å². The Bertz CT molecular complexity index is 1330. The Morgan fingerprint density at radius 2 is 1.97 bits per heavy atom. The number of para-hydroxylation sites is 1. The molecule has 2 heterocycles. The Hall–Kier alpha value is -3.46. The van der Waals surface area contributed by atoms with Crippen molar-refractivity contribution in [3.63, 3.8) is 0 Å². The number of thioether (sulfide) groups is 1. The third kappa shape index (κ3) is 4.09. The van der Waals surface area contributed by atoms with Crippen LogP contribution in [-0.4, -0.2) is 30.3 Å². The zero-order chi connectivity index (χ0) is 22.0. The Morgan fingerprint density at radius 3 is 2.71 bits per heavy atom. The molecule has 158 valence electrons. The highest BCUT2D eigenvalue weighted by Crippen LogP contribution is 2.25. The van der Waals surface area contributed by atoms with Crippen LogP contribution in [0.1, 0.15) is 12.5 Å². The summed E-state index contributed by atoms with van der Waals surface area (Å²) in [4.78, 5) is 25.5. The van der Waals surface area contributed by atoms with Gasteiger partial charge in [-0.05, 0) is 36.8 Å². The maximum absolute atomic E-state index is 13.0. The molecule has 1 N–H and O–H groups in total. The van der Waals surface area contributed by atoms with Gasteiger partial charge in [-0.25, -0.2) is 4.39 Å². The van der Waals surface area contributed by atoms with Crippen molar-refractivity contribution < 1.29 is 9.18 Å². The van der Waals surface area contributed by atoms with Gasteiger partial charge in [-0.1, -0.05) is 42.1 Å². The summed E-state index contributed by atoms with van der Waals surface area (Å²) in [5.74, 6) is -0.111. The van der Waals surface area contributed by atoms with E-state index >= 15 is 0 Å². The van der Waals surface area contributed by atoms with Gasteiger partial charge in [-0.3, -0.25) is 18.6 Å². The van der Waals surface area contributed by atoms with Gasteiger partial charge in [-0.2, -0.15) is 0 Å². The standard InChI is InChI=1S/C22H20FN5O2S/c1-3-12-27-20(30)17-6-4-5-7-18(17)28-21(27)25-26-22(28)31-14(2)19(29)24-13-15-8-10-16(23)11-9-15/h3-11,14H,1,12-13H2,2H3,(H,24,29). The van der Waals surface area contributed by atoms with Crippen LogP contribution in [0, 0.1) is 5.82 Å². The maximum atomic E-state index is 13.0. The summed E-state index contributed by atoms with van der Waals surface area (Å²) in [6.45, 7) is 6.08. The van der Waals surface area contributed by atoms with Crippen LogP contribution >= 0.6 is 11.8 Å². The second kappa shape index (κ2) is 8.73. The first-order chi connectivity index (χ1) is 15.0. The first kappa shape index (κ1) is 20.8. The van der Waals surface area contributed by atoms with Crippen LogP contribution in [0.2, 0.25) is 0 Å². The van der Waals surface area contributed by atoms with E-state index in [1.807, 2.05) is 12.1 Å². The smallest absolute Gasteiger partial charge is 0.263 e. The summed E-state index contributed by atoms with van der Waals surface area (Å²) in [5, 5.41) is 11.9. The molecule has 0 fully saturated rings. The summed E-state index contributed by atoms with van der Waals surface area (Å²) in [7, 11) is 0. The number of fused-ring (bicyclic) bond motifs is 3. The van der Waals surface area contributed by atoms with Crippen molar-refractivity contribution in [2.45, 2.75) is 30.4 Å². The van der Waals surface area contributed by atoms with Crippen LogP contribution in [0.5, 0.6) is 0 Å². The summed E-state index contributed by atoms with van der Waals surface area (Å²) in [5.41, 5.74) is 1.31. The van der Waals surface area contributed by atoms with Gasteiger partial charge < -0.3 is 5.32 Å². The van der Waals surface area contributed by atoms with Crippen molar-refractivity contribution in [2.75, 3.05) is 0 Å². The predicted octanol–water partition coefficient (Wildman–Crippen LogP) is 3.17. The van der Waals surface area contributed by atoms with E-state index in [-0.39, 0.29) is 17.3 Å². The van der Waals surface area contributed by atoms with Crippen molar-refractivity contribution in [2.24, 2.45) is 0 Å². The molecule has 1 unspecified atom stereocenters. The number of hydrogen-bond donors (Lipinski definition) is 1. The Kier molecular flexibility index (Phi) is 5.85. The zero-order valence-corrected chi connectivity index (χ0v) is 17.6. The quantitative estimate of drug-likeness (QED) is 0.355. The number of allylic oxidation sites excluding steroid dienone is 1. The number of rotatable bonds is 7. The molecule has 31 heavy (non-hydrogen) atoms. The number of carbonyl (C=O) groups excluding carboxylic acids is 1. The van der Waals surface area contributed by atoms with E-state index in [4.69, 9.17) is 0 Å². The Morgan fingerprint density at radius 1 is 1.23 bits per heavy atom. The van der Waals surface area contributed by atoms with Gasteiger partial charge in [0.15, 0.2) is 5.16 Å². The lowest BCUT2D eigenvalue weighted by atomic mass is 10.2. The van der Waals surface area contributed by atoms with Crippen LogP contribution in [0.4, 0.5) is 4.39 Å². The number of halogens is 1. The average molecular weight is 438 g/mol. The van der Waals surface area contributed by atoms with E-state index in [1.165, 1.54) is 28.5 Å². The molecule has 0 aliphatic heterocycles. The van der Waals surface area contributed by atoms with Crippen LogP contribution in [0.15, 0.2) is 71.1 Å². The van der Waals surface area contributed by atoms with Gasteiger partial charge in [0.2, 0.25) is 11.7 Å². The number of hydrogen-bond acceptors (Lipinski definition) is 5. The molecule has 0 spiro atoms. The monoisotopic (exact) mass is 437 g/mol. The van der Waals surface area contributed by atoms with Crippen molar-refractivity contribution in [3.8, 4) is 0 Å². The van der Waals surface area contributed by atoms with Crippen molar-refractivity contribution >= 4 is 34.3 Å². The minimum Gasteiger partial charge on any atom is -0.351 e. The van der Waals surface area contributed by atoms with Crippen molar-refractivity contribution in [3.05, 3.63) is 82.9 Å². The van der Waals surface area contributed by atoms with Gasteiger partial charge >= 0.3 is 0 Å². The summed E-state index contributed by atoms with van der Waals surface area (Å²) < 4.78 is 16.3. The molecule has 0 aliphatic rings. The highest BCUT2D eigenvalue weighted by molar-refractivity contribution is 8.00. The molecule has 0 saturated carbocycles. The van der Waals surface area contributed by atoms with Crippen LogP contribution < -0.4 is 10.9 Å². The fourth-order valence-corrected chi connectivity index (χ4v) is 4.13. The summed E-state index contributed by atoms with van der Waals surface area (Å²) in [6, 6.07) is 13.2. The van der Waals surface area contributed by atoms with Gasteiger partial charge in [0.25, 0.3) is 5.56 Å². The number of carbonyl (C=O) groups is 1.